The number of aryl methyl sites for hydroxylation is 1. The number of anilines is 1. The van der Waals surface area contributed by atoms with Crippen molar-refractivity contribution >= 4 is 5.69 Å². The third-order valence-electron chi connectivity index (χ3n) is 3.21. The Morgan fingerprint density at radius 3 is 2.67 bits per heavy atom. The largest absolute Gasteiger partial charge is 0.508 e. The second-order valence-electron chi connectivity index (χ2n) is 4.95. The van der Waals surface area contributed by atoms with Crippen molar-refractivity contribution < 1.29 is 9.63 Å². The average Bonchev–Trinajstić information content (AvgIpc) is 2.92. The van der Waals surface area contributed by atoms with Gasteiger partial charge in [0.2, 0.25) is 0 Å². The molecule has 0 radical (unpaired) electrons. The number of phenolic OH excluding ortho intramolecular Hbond substituents is 1. The Morgan fingerprint density at radius 1 is 1.14 bits per heavy atom. The maximum atomic E-state index is 9.27. The maximum absolute atomic E-state index is 9.27. The van der Waals surface area contributed by atoms with Crippen molar-refractivity contribution in [1.29, 1.82) is 0 Å². The standard InChI is InChI=1S/C16H15N3O2/c1-10-2-7-14(17)13(8-10)16-18-15(19-21-16)9-11-3-5-12(20)6-4-11/h2-8,20H,9,17H2,1H3. The van der Waals surface area contributed by atoms with E-state index in [0.29, 0.717) is 23.8 Å². The van der Waals surface area contributed by atoms with Crippen LogP contribution in [-0.2, 0) is 6.42 Å². The molecule has 5 heteroatoms. The quantitative estimate of drug-likeness (QED) is 0.721. The molecule has 0 saturated heterocycles. The number of benzene rings is 2. The van der Waals surface area contributed by atoms with E-state index in [2.05, 4.69) is 10.1 Å². The summed E-state index contributed by atoms with van der Waals surface area (Å²) in [7, 11) is 0. The zero-order valence-corrected chi connectivity index (χ0v) is 11.6. The third-order valence-corrected chi connectivity index (χ3v) is 3.21. The van der Waals surface area contributed by atoms with Gasteiger partial charge >= 0.3 is 0 Å². The summed E-state index contributed by atoms with van der Waals surface area (Å²) >= 11 is 0. The van der Waals surface area contributed by atoms with Crippen molar-refractivity contribution in [3.05, 3.63) is 59.4 Å². The summed E-state index contributed by atoms with van der Waals surface area (Å²) in [4.78, 5) is 4.38. The molecule has 3 rings (SSSR count). The molecule has 106 valence electrons. The molecule has 1 heterocycles. The van der Waals surface area contributed by atoms with Gasteiger partial charge in [0.1, 0.15) is 5.75 Å². The number of nitrogens with zero attached hydrogens (tertiary/aromatic N) is 2. The van der Waals surface area contributed by atoms with Crippen LogP contribution >= 0.6 is 0 Å². The van der Waals surface area contributed by atoms with E-state index in [9.17, 15) is 5.11 Å². The van der Waals surface area contributed by atoms with Gasteiger partial charge < -0.3 is 15.4 Å². The van der Waals surface area contributed by atoms with E-state index in [1.54, 1.807) is 12.1 Å². The minimum Gasteiger partial charge on any atom is -0.508 e. The highest BCUT2D eigenvalue weighted by Gasteiger charge is 2.12. The van der Waals surface area contributed by atoms with Crippen LogP contribution in [-0.4, -0.2) is 15.2 Å². The van der Waals surface area contributed by atoms with Crippen molar-refractivity contribution in [2.24, 2.45) is 0 Å². The fourth-order valence-electron chi connectivity index (χ4n) is 2.09. The van der Waals surface area contributed by atoms with Gasteiger partial charge in [0.05, 0.1) is 5.56 Å². The van der Waals surface area contributed by atoms with E-state index >= 15 is 0 Å². The zero-order chi connectivity index (χ0) is 14.8. The van der Waals surface area contributed by atoms with Crippen LogP contribution < -0.4 is 5.73 Å². The number of phenols is 1. The molecule has 0 fully saturated rings. The topological polar surface area (TPSA) is 85.2 Å². The highest BCUT2D eigenvalue weighted by molar-refractivity contribution is 5.71. The predicted octanol–water partition coefficient (Wildman–Crippen LogP) is 2.92. The van der Waals surface area contributed by atoms with Gasteiger partial charge in [0.15, 0.2) is 5.82 Å². The molecule has 0 aliphatic heterocycles. The van der Waals surface area contributed by atoms with Crippen molar-refractivity contribution in [2.45, 2.75) is 13.3 Å². The molecule has 3 N–H and O–H groups in total. The van der Waals surface area contributed by atoms with Crippen molar-refractivity contribution in [2.75, 3.05) is 5.73 Å². The van der Waals surface area contributed by atoms with Crippen LogP contribution in [0.25, 0.3) is 11.5 Å². The number of hydrogen-bond acceptors (Lipinski definition) is 5. The Bertz CT molecular complexity index is 763. The summed E-state index contributed by atoms with van der Waals surface area (Å²) in [6.45, 7) is 1.98. The van der Waals surface area contributed by atoms with Gasteiger partial charge in [-0.05, 0) is 36.8 Å². The first-order chi connectivity index (χ1) is 10.1. The lowest BCUT2D eigenvalue weighted by Crippen LogP contribution is -1.92. The Labute approximate surface area is 122 Å². The molecule has 0 aliphatic rings. The van der Waals surface area contributed by atoms with Crippen LogP contribution in [0.1, 0.15) is 17.0 Å². The van der Waals surface area contributed by atoms with Crippen molar-refractivity contribution in [3.63, 3.8) is 0 Å². The lowest BCUT2D eigenvalue weighted by atomic mass is 10.1. The highest BCUT2D eigenvalue weighted by atomic mass is 16.5. The fraction of sp³-hybridized carbons (Fsp3) is 0.125. The summed E-state index contributed by atoms with van der Waals surface area (Å²) in [5.74, 6) is 1.24. The van der Waals surface area contributed by atoms with E-state index in [0.717, 1.165) is 16.7 Å². The summed E-state index contributed by atoms with van der Waals surface area (Å²) in [6, 6.07) is 12.6. The summed E-state index contributed by atoms with van der Waals surface area (Å²) in [6.07, 6.45) is 0.537. The Hall–Kier alpha value is -2.82. The van der Waals surface area contributed by atoms with E-state index in [1.807, 2.05) is 37.3 Å². The van der Waals surface area contributed by atoms with Crippen LogP contribution in [0.5, 0.6) is 5.75 Å². The number of rotatable bonds is 3. The third kappa shape index (κ3) is 2.86. The summed E-state index contributed by atoms with van der Waals surface area (Å²) < 4.78 is 5.29. The monoisotopic (exact) mass is 281 g/mol. The van der Waals surface area contributed by atoms with Crippen molar-refractivity contribution in [1.82, 2.24) is 10.1 Å². The number of nitrogen functional groups attached to an aromatic ring is 1. The first kappa shape index (κ1) is 13.2. The van der Waals surface area contributed by atoms with E-state index in [1.165, 1.54) is 0 Å². The normalized spacial score (nSPS) is 10.7. The molecule has 1 aromatic heterocycles. The van der Waals surface area contributed by atoms with Gasteiger partial charge in [-0.25, -0.2) is 0 Å². The highest BCUT2D eigenvalue weighted by Crippen LogP contribution is 2.25. The van der Waals surface area contributed by atoms with E-state index < -0.39 is 0 Å². The second kappa shape index (κ2) is 5.28. The van der Waals surface area contributed by atoms with Gasteiger partial charge in [-0.1, -0.05) is 28.9 Å². The van der Waals surface area contributed by atoms with Gasteiger partial charge in [0.25, 0.3) is 5.89 Å². The number of nitrogens with two attached hydrogens (primary N) is 1. The molecule has 2 aromatic carbocycles. The van der Waals surface area contributed by atoms with Gasteiger partial charge in [-0.2, -0.15) is 4.98 Å². The number of aromatic nitrogens is 2. The van der Waals surface area contributed by atoms with E-state index in [-0.39, 0.29) is 5.75 Å². The molecule has 21 heavy (non-hydrogen) atoms. The minimum absolute atomic E-state index is 0.236. The van der Waals surface area contributed by atoms with Crippen LogP contribution in [0.4, 0.5) is 5.69 Å². The first-order valence-electron chi connectivity index (χ1n) is 6.59. The molecule has 0 aliphatic carbocycles. The summed E-state index contributed by atoms with van der Waals surface area (Å²) in [5, 5.41) is 13.2. The minimum atomic E-state index is 0.236. The molecule has 0 amide bonds. The SMILES string of the molecule is Cc1ccc(N)c(-c2nc(Cc3ccc(O)cc3)no2)c1. The van der Waals surface area contributed by atoms with Crippen LogP contribution in [0.15, 0.2) is 47.0 Å². The number of hydrogen-bond donors (Lipinski definition) is 2. The Morgan fingerprint density at radius 2 is 1.90 bits per heavy atom. The summed E-state index contributed by atoms with van der Waals surface area (Å²) in [5.41, 5.74) is 9.38. The number of aromatic hydroxyl groups is 1. The Balaban J connectivity index is 1.86. The molecule has 0 saturated carbocycles. The van der Waals surface area contributed by atoms with Crippen molar-refractivity contribution in [3.8, 4) is 17.2 Å². The van der Waals surface area contributed by atoms with Crippen LogP contribution in [0.2, 0.25) is 0 Å². The molecule has 0 unspecified atom stereocenters. The predicted molar refractivity (Wildman–Crippen MR) is 79.8 cm³/mol. The van der Waals surface area contributed by atoms with Gasteiger partial charge in [-0.15, -0.1) is 0 Å². The second-order valence-corrected chi connectivity index (χ2v) is 4.95. The maximum Gasteiger partial charge on any atom is 0.260 e. The molecular formula is C16H15N3O2. The molecule has 0 bridgehead atoms. The van der Waals surface area contributed by atoms with E-state index in [4.69, 9.17) is 10.3 Å². The Kier molecular flexibility index (Phi) is 3.31. The van der Waals surface area contributed by atoms with Crippen LogP contribution in [0, 0.1) is 6.92 Å². The average molecular weight is 281 g/mol. The lowest BCUT2D eigenvalue weighted by Gasteiger charge is -2.01. The molecule has 5 nitrogen and oxygen atoms in total. The lowest BCUT2D eigenvalue weighted by molar-refractivity contribution is 0.424. The molecule has 3 aromatic rings. The first-order valence-corrected chi connectivity index (χ1v) is 6.59. The fourth-order valence-corrected chi connectivity index (χ4v) is 2.09. The zero-order valence-electron chi connectivity index (χ0n) is 11.6. The smallest absolute Gasteiger partial charge is 0.260 e. The van der Waals surface area contributed by atoms with Gasteiger partial charge in [-0.3, -0.25) is 0 Å². The van der Waals surface area contributed by atoms with Gasteiger partial charge in [0, 0.05) is 12.1 Å². The molecule has 0 atom stereocenters. The molecular weight excluding hydrogens is 266 g/mol. The molecule has 0 spiro atoms. The van der Waals surface area contributed by atoms with Crippen LogP contribution in [0.3, 0.4) is 0 Å².